The van der Waals surface area contributed by atoms with Crippen molar-refractivity contribution >= 4 is 27.9 Å². The summed E-state index contributed by atoms with van der Waals surface area (Å²) >= 11 is 1.29. The number of hydrogen-bond acceptors (Lipinski definition) is 4. The standard InChI is InChI=1S/C19H14FN3O2S/c1-11-17(18(25)21-14-6-8-15(24)9-7-14)26-19-22-16(10-23(11)19)12-2-4-13(20)5-3-12/h2-10,24H,1H3,(H,21,25). The number of carbonyl (C=O) groups is 1. The SMILES string of the molecule is Cc1c(C(=O)Nc2ccc(O)cc2)sc2nc(-c3ccc(F)cc3)cn12. The molecule has 2 N–H and O–H groups in total. The van der Waals surface area contributed by atoms with Crippen LogP contribution in [0.4, 0.5) is 10.1 Å². The average Bonchev–Trinajstić information content (AvgIpc) is 3.17. The summed E-state index contributed by atoms with van der Waals surface area (Å²) < 4.78 is 14.9. The van der Waals surface area contributed by atoms with Gasteiger partial charge in [0.05, 0.1) is 5.69 Å². The van der Waals surface area contributed by atoms with Crippen LogP contribution >= 0.6 is 11.3 Å². The molecule has 0 fully saturated rings. The van der Waals surface area contributed by atoms with Crippen LogP contribution in [0.5, 0.6) is 5.75 Å². The van der Waals surface area contributed by atoms with Crippen LogP contribution in [0.25, 0.3) is 16.2 Å². The third-order valence-electron chi connectivity index (χ3n) is 4.03. The maximum atomic E-state index is 13.1. The monoisotopic (exact) mass is 367 g/mol. The van der Waals surface area contributed by atoms with E-state index in [4.69, 9.17) is 0 Å². The summed E-state index contributed by atoms with van der Waals surface area (Å²) in [4.78, 5) is 18.3. The highest BCUT2D eigenvalue weighted by Crippen LogP contribution is 2.28. The number of phenols is 1. The lowest BCUT2D eigenvalue weighted by atomic mass is 10.2. The number of rotatable bonds is 3. The second-order valence-electron chi connectivity index (χ2n) is 5.80. The highest BCUT2D eigenvalue weighted by molar-refractivity contribution is 7.19. The molecule has 0 aliphatic heterocycles. The number of thiazole rings is 1. The van der Waals surface area contributed by atoms with Crippen molar-refractivity contribution in [2.45, 2.75) is 6.92 Å². The fourth-order valence-electron chi connectivity index (χ4n) is 2.65. The fourth-order valence-corrected chi connectivity index (χ4v) is 3.66. The van der Waals surface area contributed by atoms with Gasteiger partial charge in [-0.05, 0) is 55.5 Å². The second kappa shape index (κ2) is 6.27. The Hall–Kier alpha value is -3.19. The zero-order valence-corrected chi connectivity index (χ0v) is 14.5. The van der Waals surface area contributed by atoms with Crippen LogP contribution in [0.2, 0.25) is 0 Å². The molecule has 4 rings (SSSR count). The van der Waals surface area contributed by atoms with E-state index in [0.717, 1.165) is 17.0 Å². The molecule has 2 heterocycles. The van der Waals surface area contributed by atoms with Crippen molar-refractivity contribution in [1.29, 1.82) is 0 Å². The maximum Gasteiger partial charge on any atom is 0.267 e. The number of aromatic hydroxyl groups is 1. The van der Waals surface area contributed by atoms with Crippen molar-refractivity contribution in [3.05, 3.63) is 71.1 Å². The quantitative estimate of drug-likeness (QED) is 0.525. The molecule has 5 nitrogen and oxygen atoms in total. The summed E-state index contributed by atoms with van der Waals surface area (Å²) in [6.45, 7) is 1.85. The predicted molar refractivity (Wildman–Crippen MR) is 99.3 cm³/mol. The fraction of sp³-hybridized carbons (Fsp3) is 0.0526. The zero-order valence-electron chi connectivity index (χ0n) is 13.7. The first-order valence-corrected chi connectivity index (χ1v) is 8.68. The van der Waals surface area contributed by atoms with Gasteiger partial charge < -0.3 is 10.4 Å². The molecule has 1 amide bonds. The molecule has 0 saturated carbocycles. The van der Waals surface area contributed by atoms with Gasteiger partial charge in [-0.1, -0.05) is 11.3 Å². The summed E-state index contributed by atoms with van der Waals surface area (Å²) in [6.07, 6.45) is 1.84. The summed E-state index contributed by atoms with van der Waals surface area (Å²) in [5.74, 6) is -0.381. The van der Waals surface area contributed by atoms with Crippen LogP contribution in [0.1, 0.15) is 15.4 Å². The van der Waals surface area contributed by atoms with E-state index in [0.29, 0.717) is 15.5 Å². The largest absolute Gasteiger partial charge is 0.508 e. The number of anilines is 1. The summed E-state index contributed by atoms with van der Waals surface area (Å²) in [6, 6.07) is 12.4. The van der Waals surface area contributed by atoms with Crippen LogP contribution < -0.4 is 5.32 Å². The number of nitrogens with zero attached hydrogens (tertiary/aromatic N) is 2. The number of benzene rings is 2. The number of carbonyl (C=O) groups excluding carboxylic acids is 1. The van der Waals surface area contributed by atoms with Gasteiger partial charge in [-0.25, -0.2) is 9.37 Å². The first-order valence-electron chi connectivity index (χ1n) is 7.86. The molecule has 0 bridgehead atoms. The molecule has 2 aromatic carbocycles. The van der Waals surface area contributed by atoms with E-state index in [9.17, 15) is 14.3 Å². The molecule has 0 atom stereocenters. The van der Waals surface area contributed by atoms with Gasteiger partial charge in [-0.15, -0.1) is 0 Å². The number of aromatic nitrogens is 2. The van der Waals surface area contributed by atoms with E-state index in [2.05, 4.69) is 10.3 Å². The first-order chi connectivity index (χ1) is 12.5. The van der Waals surface area contributed by atoms with Crippen molar-refractivity contribution in [2.24, 2.45) is 0 Å². The van der Waals surface area contributed by atoms with Gasteiger partial charge in [0.25, 0.3) is 5.91 Å². The zero-order chi connectivity index (χ0) is 18.3. The third kappa shape index (κ3) is 2.93. The molecule has 2 aromatic heterocycles. The minimum absolute atomic E-state index is 0.141. The van der Waals surface area contributed by atoms with Gasteiger partial charge in [0.15, 0.2) is 4.96 Å². The highest BCUT2D eigenvalue weighted by Gasteiger charge is 2.18. The Bertz CT molecular complexity index is 1100. The van der Waals surface area contributed by atoms with E-state index in [-0.39, 0.29) is 17.5 Å². The highest BCUT2D eigenvalue weighted by atomic mass is 32.1. The molecule has 0 unspecified atom stereocenters. The van der Waals surface area contributed by atoms with E-state index in [1.807, 2.05) is 17.5 Å². The van der Waals surface area contributed by atoms with E-state index < -0.39 is 0 Å². The van der Waals surface area contributed by atoms with Crippen molar-refractivity contribution in [2.75, 3.05) is 5.32 Å². The topological polar surface area (TPSA) is 66.6 Å². The summed E-state index contributed by atoms with van der Waals surface area (Å²) in [5.41, 5.74) is 2.93. The van der Waals surface area contributed by atoms with Gasteiger partial charge in [0.2, 0.25) is 0 Å². The van der Waals surface area contributed by atoms with Crippen molar-refractivity contribution in [3.63, 3.8) is 0 Å². The Labute approximate surface area is 152 Å². The average molecular weight is 367 g/mol. The van der Waals surface area contributed by atoms with Crippen molar-refractivity contribution < 1.29 is 14.3 Å². The van der Waals surface area contributed by atoms with Crippen LogP contribution in [0.3, 0.4) is 0 Å². The summed E-state index contributed by atoms with van der Waals surface area (Å²) in [5, 5.41) is 12.1. The Kier molecular flexibility index (Phi) is 3.93. The smallest absolute Gasteiger partial charge is 0.267 e. The van der Waals surface area contributed by atoms with Gasteiger partial charge >= 0.3 is 0 Å². The number of amides is 1. The Balaban J connectivity index is 1.63. The molecule has 0 radical (unpaired) electrons. The predicted octanol–water partition coefficient (Wildman–Crippen LogP) is 4.47. The Morgan fingerprint density at radius 3 is 2.50 bits per heavy atom. The van der Waals surface area contributed by atoms with Crippen molar-refractivity contribution in [3.8, 4) is 17.0 Å². The van der Waals surface area contributed by atoms with Crippen LogP contribution in [-0.4, -0.2) is 20.4 Å². The number of hydrogen-bond donors (Lipinski definition) is 2. The molecule has 7 heteroatoms. The minimum atomic E-state index is -0.292. The second-order valence-corrected chi connectivity index (χ2v) is 6.78. The van der Waals surface area contributed by atoms with Crippen LogP contribution in [-0.2, 0) is 0 Å². The van der Waals surface area contributed by atoms with Gasteiger partial charge in [-0.3, -0.25) is 9.20 Å². The number of aryl methyl sites for hydroxylation is 1. The molecule has 130 valence electrons. The number of fused-ring (bicyclic) bond motifs is 1. The normalized spacial score (nSPS) is 11.0. The lowest BCUT2D eigenvalue weighted by molar-refractivity contribution is 0.102. The third-order valence-corrected chi connectivity index (χ3v) is 5.18. The molecule has 0 aliphatic rings. The minimum Gasteiger partial charge on any atom is -0.508 e. The van der Waals surface area contributed by atoms with Crippen LogP contribution in [0, 0.1) is 12.7 Å². The van der Waals surface area contributed by atoms with E-state index in [1.54, 1.807) is 24.3 Å². The lowest BCUT2D eigenvalue weighted by Gasteiger charge is -2.04. The van der Waals surface area contributed by atoms with Gasteiger partial charge in [0, 0.05) is 23.1 Å². The number of nitrogens with one attached hydrogen (secondary N) is 1. The lowest BCUT2D eigenvalue weighted by Crippen LogP contribution is -2.11. The molecule has 0 spiro atoms. The van der Waals surface area contributed by atoms with E-state index >= 15 is 0 Å². The number of imidazole rings is 1. The molecular formula is C19H14FN3O2S. The maximum absolute atomic E-state index is 13.1. The molecule has 26 heavy (non-hydrogen) atoms. The molecular weight excluding hydrogens is 353 g/mol. The van der Waals surface area contributed by atoms with Crippen molar-refractivity contribution in [1.82, 2.24) is 9.38 Å². The number of phenolic OH excluding ortho intramolecular Hbond substituents is 1. The molecule has 4 aromatic rings. The first kappa shape index (κ1) is 16.3. The molecule has 0 aliphatic carbocycles. The van der Waals surface area contributed by atoms with Crippen LogP contribution in [0.15, 0.2) is 54.7 Å². The van der Waals surface area contributed by atoms with E-state index in [1.165, 1.54) is 35.6 Å². The van der Waals surface area contributed by atoms with Gasteiger partial charge in [-0.2, -0.15) is 0 Å². The molecule has 0 saturated heterocycles. The van der Waals surface area contributed by atoms with Gasteiger partial charge in [0.1, 0.15) is 16.4 Å². The summed E-state index contributed by atoms with van der Waals surface area (Å²) in [7, 11) is 0. The Morgan fingerprint density at radius 1 is 1.15 bits per heavy atom. The number of halogens is 1. The Morgan fingerprint density at radius 2 is 1.85 bits per heavy atom.